The number of nitrogens with zero attached hydrogens (tertiary/aromatic N) is 1. The van der Waals surface area contributed by atoms with Crippen LogP contribution in [0.1, 0.15) is 40.4 Å². The minimum Gasteiger partial charge on any atom is -0.497 e. The molecule has 1 aliphatic rings. The highest BCUT2D eigenvalue weighted by molar-refractivity contribution is 5.89. The second-order valence-electron chi connectivity index (χ2n) is 8.97. The van der Waals surface area contributed by atoms with Crippen LogP contribution in [0.15, 0.2) is 78.9 Å². The fourth-order valence-corrected chi connectivity index (χ4v) is 4.60. The van der Waals surface area contributed by atoms with E-state index in [1.54, 1.807) is 36.3 Å². The standard InChI is InChI=1S/C29H32N2O5/c1-20(23-10-7-11-26(16-23)34-2)30-17-24-18-31(19-27(24)21-8-5-4-6-9-21)29(33)36-25-14-12-22(13-15-25)28(32)35-3/h4-16,20,24,27,30H,17-19H2,1-3H3/t20-,24+,27-/m1/s1. The third kappa shape index (κ3) is 6.04. The molecule has 1 amide bonds. The second-order valence-corrected chi connectivity index (χ2v) is 8.97. The van der Waals surface area contributed by atoms with Crippen molar-refractivity contribution >= 4 is 12.1 Å². The molecule has 1 aliphatic heterocycles. The van der Waals surface area contributed by atoms with E-state index in [1.165, 1.54) is 12.7 Å². The van der Waals surface area contributed by atoms with Crippen LogP contribution in [0.5, 0.6) is 11.5 Å². The van der Waals surface area contributed by atoms with Crippen LogP contribution < -0.4 is 14.8 Å². The molecule has 3 atom stereocenters. The molecule has 7 nitrogen and oxygen atoms in total. The maximum atomic E-state index is 13.0. The predicted molar refractivity (Wildman–Crippen MR) is 137 cm³/mol. The Morgan fingerprint density at radius 3 is 2.39 bits per heavy atom. The van der Waals surface area contributed by atoms with Crippen LogP contribution in [0, 0.1) is 5.92 Å². The fraction of sp³-hybridized carbons (Fsp3) is 0.310. The van der Waals surface area contributed by atoms with Crippen LogP contribution in [-0.2, 0) is 4.74 Å². The quantitative estimate of drug-likeness (QED) is 0.448. The molecular weight excluding hydrogens is 456 g/mol. The Bertz CT molecular complexity index is 1170. The predicted octanol–water partition coefficient (Wildman–Crippen LogP) is 5.05. The van der Waals surface area contributed by atoms with Crippen LogP contribution in [-0.4, -0.2) is 50.8 Å². The Kier molecular flexibility index (Phi) is 8.23. The first-order valence-corrected chi connectivity index (χ1v) is 12.1. The summed E-state index contributed by atoms with van der Waals surface area (Å²) in [6, 6.07) is 24.8. The third-order valence-electron chi connectivity index (χ3n) is 6.69. The average molecular weight is 489 g/mol. The number of likely N-dealkylation sites (tertiary alicyclic amines) is 1. The van der Waals surface area contributed by atoms with E-state index >= 15 is 0 Å². The van der Waals surface area contributed by atoms with Gasteiger partial charge in [-0.3, -0.25) is 0 Å². The highest BCUT2D eigenvalue weighted by Gasteiger charge is 2.37. The van der Waals surface area contributed by atoms with Gasteiger partial charge in [0.15, 0.2) is 0 Å². The number of rotatable bonds is 8. The molecule has 7 heteroatoms. The van der Waals surface area contributed by atoms with Gasteiger partial charge in [0.05, 0.1) is 19.8 Å². The molecule has 4 rings (SSSR count). The maximum absolute atomic E-state index is 13.0. The Morgan fingerprint density at radius 2 is 1.69 bits per heavy atom. The molecule has 0 radical (unpaired) electrons. The van der Waals surface area contributed by atoms with Crippen molar-refractivity contribution in [3.8, 4) is 11.5 Å². The number of carbonyl (C=O) groups is 2. The Labute approximate surface area is 212 Å². The van der Waals surface area contributed by atoms with E-state index in [2.05, 4.69) is 30.4 Å². The lowest BCUT2D eigenvalue weighted by molar-refractivity contribution is 0.0600. The lowest BCUT2D eigenvalue weighted by Crippen LogP contribution is -2.33. The molecule has 1 heterocycles. The Balaban J connectivity index is 1.43. The van der Waals surface area contributed by atoms with Gasteiger partial charge >= 0.3 is 12.1 Å². The van der Waals surface area contributed by atoms with Crippen molar-refractivity contribution in [1.82, 2.24) is 10.2 Å². The molecule has 36 heavy (non-hydrogen) atoms. The van der Waals surface area contributed by atoms with Crippen LogP contribution in [0.25, 0.3) is 0 Å². The molecule has 1 N–H and O–H groups in total. The summed E-state index contributed by atoms with van der Waals surface area (Å²) in [6.45, 7) is 4.03. The van der Waals surface area contributed by atoms with Crippen LogP contribution in [0.2, 0.25) is 0 Å². The molecule has 3 aromatic rings. The summed E-state index contributed by atoms with van der Waals surface area (Å²) in [4.78, 5) is 26.4. The van der Waals surface area contributed by atoms with Gasteiger partial charge in [0.1, 0.15) is 11.5 Å². The van der Waals surface area contributed by atoms with Crippen LogP contribution in [0.3, 0.4) is 0 Å². The van der Waals surface area contributed by atoms with Crippen molar-refractivity contribution in [2.24, 2.45) is 5.92 Å². The summed E-state index contributed by atoms with van der Waals surface area (Å²) in [6.07, 6.45) is -0.398. The van der Waals surface area contributed by atoms with Crippen molar-refractivity contribution in [2.75, 3.05) is 33.9 Å². The molecule has 0 unspecified atom stereocenters. The molecule has 0 saturated carbocycles. The normalized spacial score (nSPS) is 17.9. The molecule has 188 valence electrons. The smallest absolute Gasteiger partial charge is 0.415 e. The zero-order valence-corrected chi connectivity index (χ0v) is 20.8. The molecular formula is C29H32N2O5. The Morgan fingerprint density at radius 1 is 0.944 bits per heavy atom. The number of hydrogen-bond acceptors (Lipinski definition) is 6. The number of esters is 1. The van der Waals surface area contributed by atoms with E-state index in [0.717, 1.165) is 17.9 Å². The van der Waals surface area contributed by atoms with Gasteiger partial charge in [-0.25, -0.2) is 9.59 Å². The minimum atomic E-state index is -0.434. The van der Waals surface area contributed by atoms with Gasteiger partial charge in [0.25, 0.3) is 0 Å². The minimum absolute atomic E-state index is 0.130. The summed E-state index contributed by atoms with van der Waals surface area (Å²) < 4.78 is 15.7. The van der Waals surface area contributed by atoms with Crippen molar-refractivity contribution in [3.05, 3.63) is 95.6 Å². The van der Waals surface area contributed by atoms with E-state index in [0.29, 0.717) is 24.4 Å². The van der Waals surface area contributed by atoms with Gasteiger partial charge in [-0.15, -0.1) is 0 Å². The number of amides is 1. The molecule has 0 bridgehead atoms. The lowest BCUT2D eigenvalue weighted by Gasteiger charge is -2.22. The van der Waals surface area contributed by atoms with E-state index in [9.17, 15) is 9.59 Å². The van der Waals surface area contributed by atoms with E-state index < -0.39 is 12.1 Å². The number of carbonyl (C=O) groups excluding carboxylic acids is 2. The summed E-state index contributed by atoms with van der Waals surface area (Å²) in [5.74, 6) is 1.19. The van der Waals surface area contributed by atoms with Gasteiger partial charge < -0.3 is 24.4 Å². The molecule has 0 aliphatic carbocycles. The summed E-state index contributed by atoms with van der Waals surface area (Å²) in [5, 5.41) is 3.65. The highest BCUT2D eigenvalue weighted by Crippen LogP contribution is 2.33. The van der Waals surface area contributed by atoms with E-state index in [1.807, 2.05) is 36.4 Å². The zero-order chi connectivity index (χ0) is 25.5. The topological polar surface area (TPSA) is 77.1 Å². The summed E-state index contributed by atoms with van der Waals surface area (Å²) in [7, 11) is 3.00. The lowest BCUT2D eigenvalue weighted by atomic mass is 9.88. The monoisotopic (exact) mass is 488 g/mol. The first-order valence-electron chi connectivity index (χ1n) is 12.1. The first kappa shape index (κ1) is 25.3. The third-order valence-corrected chi connectivity index (χ3v) is 6.69. The van der Waals surface area contributed by atoms with Crippen molar-refractivity contribution < 1.29 is 23.8 Å². The first-order chi connectivity index (χ1) is 17.5. The second kappa shape index (κ2) is 11.7. The SMILES string of the molecule is COC(=O)c1ccc(OC(=O)N2C[C@H](CN[C@H](C)c3cccc(OC)c3)[C@@H](c3ccccc3)C2)cc1. The van der Waals surface area contributed by atoms with E-state index in [4.69, 9.17) is 14.2 Å². The van der Waals surface area contributed by atoms with Gasteiger partial charge in [0, 0.05) is 31.6 Å². The number of hydrogen-bond donors (Lipinski definition) is 1. The summed E-state index contributed by atoms with van der Waals surface area (Å²) in [5.41, 5.74) is 2.75. The maximum Gasteiger partial charge on any atom is 0.415 e. The van der Waals surface area contributed by atoms with Gasteiger partial charge in [0.2, 0.25) is 0 Å². The number of nitrogens with one attached hydrogen (secondary N) is 1. The number of benzene rings is 3. The van der Waals surface area contributed by atoms with Gasteiger partial charge in [-0.2, -0.15) is 0 Å². The van der Waals surface area contributed by atoms with Crippen LogP contribution in [0.4, 0.5) is 4.79 Å². The zero-order valence-electron chi connectivity index (χ0n) is 20.8. The van der Waals surface area contributed by atoms with Crippen molar-refractivity contribution in [3.63, 3.8) is 0 Å². The van der Waals surface area contributed by atoms with Crippen LogP contribution >= 0.6 is 0 Å². The van der Waals surface area contributed by atoms with E-state index in [-0.39, 0.29) is 17.9 Å². The molecule has 0 aromatic heterocycles. The largest absolute Gasteiger partial charge is 0.497 e. The summed E-state index contributed by atoms with van der Waals surface area (Å²) >= 11 is 0. The van der Waals surface area contributed by atoms with Gasteiger partial charge in [-0.1, -0.05) is 42.5 Å². The molecule has 0 spiro atoms. The van der Waals surface area contributed by atoms with Crippen molar-refractivity contribution in [1.29, 1.82) is 0 Å². The molecule has 3 aromatic carbocycles. The molecule has 1 fully saturated rings. The molecule has 1 saturated heterocycles. The number of methoxy groups -OCH3 is 2. The highest BCUT2D eigenvalue weighted by atomic mass is 16.6. The Hall–Kier alpha value is -3.84. The number of ether oxygens (including phenoxy) is 3. The average Bonchev–Trinajstić information content (AvgIpc) is 3.36. The fourth-order valence-electron chi connectivity index (χ4n) is 4.60. The van der Waals surface area contributed by atoms with Crippen molar-refractivity contribution in [2.45, 2.75) is 18.9 Å². The van der Waals surface area contributed by atoms with Gasteiger partial charge in [-0.05, 0) is 60.4 Å².